The molecule has 1 aromatic rings. The van der Waals surface area contributed by atoms with Gasteiger partial charge in [-0.1, -0.05) is 124 Å². The molecule has 6 atom stereocenters. The number of nitrogens with one attached hydrogen (secondary N) is 1. The maximum atomic E-state index is 6.38. The van der Waals surface area contributed by atoms with Crippen LogP contribution in [-0.2, 0) is 5.41 Å². The summed E-state index contributed by atoms with van der Waals surface area (Å²) in [5.74, 6) is 4.90. The minimum Gasteiger partial charge on any atom is -0.363 e. The van der Waals surface area contributed by atoms with Gasteiger partial charge in [0.2, 0.25) is 0 Å². The fourth-order valence-corrected chi connectivity index (χ4v) is 8.39. The van der Waals surface area contributed by atoms with Crippen molar-refractivity contribution in [3.05, 3.63) is 131 Å². The number of benzene rings is 1. The van der Waals surface area contributed by atoms with Gasteiger partial charge in [0.25, 0.3) is 0 Å². The highest BCUT2D eigenvalue weighted by Gasteiger charge is 2.54. The summed E-state index contributed by atoms with van der Waals surface area (Å²) in [6, 6.07) is 11.1. The third kappa shape index (κ3) is 5.87. The van der Waals surface area contributed by atoms with Crippen molar-refractivity contribution in [2.45, 2.75) is 85.0 Å². The molecule has 4 aliphatic carbocycles. The molecule has 0 saturated heterocycles. The van der Waals surface area contributed by atoms with Crippen LogP contribution in [0.3, 0.4) is 0 Å². The Balaban J connectivity index is 1.48. The molecule has 0 amide bonds. The van der Waals surface area contributed by atoms with E-state index in [1.807, 2.05) is 0 Å². The smallest absolute Gasteiger partial charge is 0.0529 e. The monoisotopic (exact) mass is 569 g/mol. The van der Waals surface area contributed by atoms with Crippen LogP contribution in [0.25, 0.3) is 0 Å². The Bertz CT molecular complexity index is 1450. The third-order valence-corrected chi connectivity index (χ3v) is 10.9. The highest BCUT2D eigenvalue weighted by Crippen LogP contribution is 2.59. The van der Waals surface area contributed by atoms with Gasteiger partial charge in [0.05, 0.1) is 5.41 Å². The number of hydrogen-bond donors (Lipinski definition) is 1. The molecule has 1 aromatic carbocycles. The average molecular weight is 570 g/mol. The molecule has 0 bridgehead atoms. The Labute approximate surface area is 262 Å². The molecule has 1 nitrogen and oxygen atoms in total. The van der Waals surface area contributed by atoms with E-state index in [2.05, 4.69) is 143 Å². The second kappa shape index (κ2) is 13.4. The van der Waals surface area contributed by atoms with Crippen LogP contribution in [-0.4, -0.2) is 0 Å². The van der Waals surface area contributed by atoms with Gasteiger partial charge in [-0.2, -0.15) is 0 Å². The number of rotatable bonds is 10. The quantitative estimate of drug-likeness (QED) is 0.218. The molecule has 6 unspecified atom stereocenters. The predicted octanol–water partition coefficient (Wildman–Crippen LogP) is 10.7. The summed E-state index contributed by atoms with van der Waals surface area (Å²) in [5, 5.41) is 3.83. The van der Waals surface area contributed by atoms with Crippen LogP contribution in [0.2, 0.25) is 0 Å². The van der Waals surface area contributed by atoms with E-state index in [4.69, 9.17) is 6.42 Å². The molecule has 1 N–H and O–H groups in total. The second-order valence-corrected chi connectivity index (χ2v) is 13.4. The van der Waals surface area contributed by atoms with Gasteiger partial charge < -0.3 is 5.32 Å². The van der Waals surface area contributed by atoms with Crippen LogP contribution in [0.1, 0.15) is 85.1 Å². The van der Waals surface area contributed by atoms with E-state index in [-0.39, 0.29) is 17.3 Å². The van der Waals surface area contributed by atoms with Crippen LogP contribution in [0, 0.1) is 41.4 Å². The molecule has 43 heavy (non-hydrogen) atoms. The number of terminal acetylenes is 1. The van der Waals surface area contributed by atoms with E-state index in [1.165, 1.54) is 48.1 Å². The zero-order valence-electron chi connectivity index (χ0n) is 27.1. The summed E-state index contributed by atoms with van der Waals surface area (Å²) >= 11 is 0. The van der Waals surface area contributed by atoms with E-state index in [9.17, 15) is 0 Å². The lowest BCUT2D eigenvalue weighted by atomic mass is 9.61. The average Bonchev–Trinajstić information content (AvgIpc) is 3.33. The number of allylic oxidation sites excluding steroid dienone is 16. The molecule has 5 rings (SSSR count). The lowest BCUT2D eigenvalue weighted by Crippen LogP contribution is -2.37. The van der Waals surface area contributed by atoms with Crippen molar-refractivity contribution in [1.29, 1.82) is 0 Å². The Morgan fingerprint density at radius 2 is 1.88 bits per heavy atom. The number of fused-ring (bicyclic) bond motifs is 1. The summed E-state index contributed by atoms with van der Waals surface area (Å²) in [5.41, 5.74) is 7.55. The van der Waals surface area contributed by atoms with Crippen LogP contribution >= 0.6 is 0 Å². The SMILES string of the molecule is C#CC1=C(/C=C(\C)N/C(=C/C)CCC(C)C2C=CCCC2(C)CC)C(C2=CCCC=C2)(c2ccccc2)C2C=CC=CC12. The summed E-state index contributed by atoms with van der Waals surface area (Å²) in [6.45, 7) is 11.7. The van der Waals surface area contributed by atoms with Crippen LogP contribution in [0.15, 0.2) is 125 Å². The molecule has 4 aliphatic rings. The van der Waals surface area contributed by atoms with E-state index in [0.29, 0.717) is 17.3 Å². The molecule has 0 radical (unpaired) electrons. The van der Waals surface area contributed by atoms with Crippen LogP contribution in [0.4, 0.5) is 0 Å². The van der Waals surface area contributed by atoms with Crippen molar-refractivity contribution in [2.24, 2.45) is 29.1 Å². The van der Waals surface area contributed by atoms with E-state index < -0.39 is 0 Å². The molecule has 0 aromatic heterocycles. The van der Waals surface area contributed by atoms with Gasteiger partial charge in [-0.3, -0.25) is 0 Å². The van der Waals surface area contributed by atoms with Crippen molar-refractivity contribution in [2.75, 3.05) is 0 Å². The van der Waals surface area contributed by atoms with Gasteiger partial charge in [0, 0.05) is 28.8 Å². The zero-order chi connectivity index (χ0) is 30.5. The van der Waals surface area contributed by atoms with E-state index in [0.717, 1.165) is 30.5 Å². The van der Waals surface area contributed by atoms with Gasteiger partial charge in [-0.05, 0) is 92.4 Å². The van der Waals surface area contributed by atoms with Crippen molar-refractivity contribution in [3.8, 4) is 12.3 Å². The van der Waals surface area contributed by atoms with Crippen molar-refractivity contribution >= 4 is 0 Å². The standard InChI is InChI=1S/C42H51N/c1-7-35(28-27-31(4)38-25-18-19-29-41(38,6)9-3)43-32(5)30-40-36(8-2)37-24-16-17-26-39(37)42(40,33-20-12-10-13-21-33)34-22-14-11-15-23-34/h2,7,10,12-14,16-18,20-26,30-31,37-39,43H,9,11,15,19,27-29H2,1,3-6H3/b32-30+,35-7+. The summed E-state index contributed by atoms with van der Waals surface area (Å²) in [7, 11) is 0. The summed E-state index contributed by atoms with van der Waals surface area (Å²) in [4.78, 5) is 0. The van der Waals surface area contributed by atoms with Crippen molar-refractivity contribution in [1.82, 2.24) is 5.32 Å². The fourth-order valence-electron chi connectivity index (χ4n) is 8.39. The Morgan fingerprint density at radius 3 is 2.58 bits per heavy atom. The third-order valence-electron chi connectivity index (χ3n) is 10.9. The summed E-state index contributed by atoms with van der Waals surface area (Å²) < 4.78 is 0. The lowest BCUT2D eigenvalue weighted by molar-refractivity contribution is 0.135. The van der Waals surface area contributed by atoms with E-state index >= 15 is 0 Å². The second-order valence-electron chi connectivity index (χ2n) is 13.4. The van der Waals surface area contributed by atoms with Gasteiger partial charge in [0.1, 0.15) is 0 Å². The normalized spacial score (nSPS) is 31.1. The van der Waals surface area contributed by atoms with Crippen LogP contribution in [0.5, 0.6) is 0 Å². The first kappa shape index (κ1) is 30.9. The molecule has 0 spiro atoms. The van der Waals surface area contributed by atoms with Gasteiger partial charge in [0.15, 0.2) is 0 Å². The first-order valence-electron chi connectivity index (χ1n) is 16.6. The minimum atomic E-state index is -0.336. The van der Waals surface area contributed by atoms with Crippen LogP contribution < -0.4 is 5.32 Å². The molecule has 224 valence electrons. The first-order chi connectivity index (χ1) is 20.9. The maximum absolute atomic E-state index is 6.38. The Kier molecular flexibility index (Phi) is 9.66. The highest BCUT2D eigenvalue weighted by molar-refractivity contribution is 5.66. The minimum absolute atomic E-state index is 0.184. The fraction of sp³-hybridized carbons (Fsp3) is 0.429. The Hall–Kier alpha value is -3.50. The molecule has 0 saturated carbocycles. The Morgan fingerprint density at radius 1 is 1.09 bits per heavy atom. The maximum Gasteiger partial charge on any atom is 0.0529 e. The van der Waals surface area contributed by atoms with E-state index in [1.54, 1.807) is 0 Å². The van der Waals surface area contributed by atoms with Crippen molar-refractivity contribution < 1.29 is 0 Å². The molecular weight excluding hydrogens is 518 g/mol. The van der Waals surface area contributed by atoms with Gasteiger partial charge in [-0.25, -0.2) is 0 Å². The molecule has 1 heteroatoms. The number of hydrogen-bond acceptors (Lipinski definition) is 1. The zero-order valence-corrected chi connectivity index (χ0v) is 27.1. The molecule has 0 aliphatic heterocycles. The predicted molar refractivity (Wildman–Crippen MR) is 185 cm³/mol. The van der Waals surface area contributed by atoms with Gasteiger partial charge in [-0.15, -0.1) is 6.42 Å². The summed E-state index contributed by atoms with van der Waals surface area (Å²) in [6.07, 6.45) is 40.3. The lowest BCUT2D eigenvalue weighted by Gasteiger charge is -2.41. The molecular formula is C42H51N. The largest absolute Gasteiger partial charge is 0.363 e. The topological polar surface area (TPSA) is 12.0 Å². The highest BCUT2D eigenvalue weighted by atomic mass is 14.9. The van der Waals surface area contributed by atoms with Crippen molar-refractivity contribution in [3.63, 3.8) is 0 Å². The molecule has 0 fully saturated rings. The molecule has 0 heterocycles. The first-order valence-corrected chi connectivity index (χ1v) is 16.6. The van der Waals surface area contributed by atoms with Gasteiger partial charge >= 0.3 is 0 Å².